The Hall–Kier alpha value is 2.00. The fourth-order valence-corrected chi connectivity index (χ4v) is 2.97. The predicted octanol–water partition coefficient (Wildman–Crippen LogP) is 7.29. The molecule has 0 N–H and O–H groups in total. The summed E-state index contributed by atoms with van der Waals surface area (Å²) in [4.78, 5) is 0. The van der Waals surface area contributed by atoms with Crippen molar-refractivity contribution in [3.63, 3.8) is 0 Å². The summed E-state index contributed by atoms with van der Waals surface area (Å²) in [6, 6.07) is 0. The Balaban J connectivity index is -0.00000180. The van der Waals surface area contributed by atoms with Gasteiger partial charge >= 0.3 is 0 Å². The molecule has 0 aliphatic carbocycles. The topological polar surface area (TPSA) is 0 Å². The van der Waals surface area contributed by atoms with E-state index in [9.17, 15) is 0 Å². The molecule has 2 radical (unpaired) electrons. The van der Waals surface area contributed by atoms with Gasteiger partial charge in [0.2, 0.25) is 0 Å². The Morgan fingerprint density at radius 2 is 0.409 bits per heavy atom. The van der Waals surface area contributed by atoms with Crippen molar-refractivity contribution in [2.75, 3.05) is 0 Å². The molecule has 0 amide bonds. The monoisotopic (exact) mass is 328 g/mol. The van der Waals surface area contributed by atoms with Crippen molar-refractivity contribution < 1.29 is 0 Å². The van der Waals surface area contributed by atoms with Gasteiger partial charge in [0.05, 0.1) is 0 Å². The summed E-state index contributed by atoms with van der Waals surface area (Å²) in [5, 5.41) is 0. The molecular formula is C20H42Na2. The minimum Gasteiger partial charge on any atom is -0.0654 e. The molecule has 0 aromatic carbocycles. The molecule has 0 fully saturated rings. The first-order valence-electron chi connectivity index (χ1n) is 9.91. The van der Waals surface area contributed by atoms with Crippen LogP contribution in [0.4, 0.5) is 0 Å². The Bertz CT molecular complexity index is 142. The molecule has 124 valence electrons. The van der Waals surface area contributed by atoms with Crippen LogP contribution >= 0.6 is 0 Å². The van der Waals surface area contributed by atoms with Gasteiger partial charge in [0.15, 0.2) is 0 Å². The molecule has 0 rings (SSSR count). The van der Waals surface area contributed by atoms with Gasteiger partial charge in [-0.3, -0.25) is 0 Å². The van der Waals surface area contributed by atoms with Gasteiger partial charge in [0.1, 0.15) is 0 Å². The zero-order valence-corrected chi connectivity index (χ0v) is 20.7. The first-order valence-corrected chi connectivity index (χ1v) is 9.91. The third kappa shape index (κ3) is 26.9. The number of unbranched alkanes of at least 4 members (excludes halogenated alkanes) is 17. The molecule has 0 saturated carbocycles. The van der Waals surface area contributed by atoms with E-state index in [0.717, 1.165) is 0 Å². The fourth-order valence-electron chi connectivity index (χ4n) is 2.97. The van der Waals surface area contributed by atoms with E-state index in [0.29, 0.717) is 0 Å². The molecular weight excluding hydrogens is 286 g/mol. The summed E-state index contributed by atoms with van der Waals surface area (Å²) in [5.74, 6) is 0. The fraction of sp³-hybridized carbons (Fsp3) is 1.00. The van der Waals surface area contributed by atoms with Crippen LogP contribution in [0, 0.1) is 0 Å². The minimum atomic E-state index is 0. The van der Waals surface area contributed by atoms with Gasteiger partial charge in [-0.25, -0.2) is 0 Å². The van der Waals surface area contributed by atoms with Crippen LogP contribution in [-0.4, -0.2) is 59.1 Å². The van der Waals surface area contributed by atoms with Gasteiger partial charge in [-0.1, -0.05) is 129 Å². The van der Waals surface area contributed by atoms with E-state index in [1.165, 1.54) is 116 Å². The molecule has 22 heavy (non-hydrogen) atoms. The maximum Gasteiger partial charge on any atom is 0 e. The van der Waals surface area contributed by atoms with E-state index < -0.39 is 0 Å². The average Bonchev–Trinajstić information content (AvgIpc) is 2.47. The summed E-state index contributed by atoms with van der Waals surface area (Å²) < 4.78 is 0. The number of hydrogen-bond donors (Lipinski definition) is 0. The van der Waals surface area contributed by atoms with Crippen molar-refractivity contribution in [2.45, 2.75) is 129 Å². The molecule has 0 bridgehead atoms. The van der Waals surface area contributed by atoms with Crippen molar-refractivity contribution in [3.8, 4) is 0 Å². The van der Waals surface area contributed by atoms with Crippen LogP contribution in [0.1, 0.15) is 129 Å². The van der Waals surface area contributed by atoms with Crippen molar-refractivity contribution in [1.82, 2.24) is 0 Å². The van der Waals surface area contributed by atoms with Crippen LogP contribution in [0.2, 0.25) is 0 Å². The van der Waals surface area contributed by atoms with Crippen molar-refractivity contribution in [1.29, 1.82) is 0 Å². The second-order valence-corrected chi connectivity index (χ2v) is 6.66. The Morgan fingerprint density at radius 3 is 0.545 bits per heavy atom. The SMILES string of the molecule is CCCCCCCCCCCCCCCCCCCC.[Na].[Na]. The van der Waals surface area contributed by atoms with E-state index in [4.69, 9.17) is 0 Å². The number of hydrogen-bond acceptors (Lipinski definition) is 0. The molecule has 0 saturated heterocycles. The van der Waals surface area contributed by atoms with E-state index >= 15 is 0 Å². The smallest absolute Gasteiger partial charge is 0 e. The largest absolute Gasteiger partial charge is 0.0654 e. The predicted molar refractivity (Wildman–Crippen MR) is 106 cm³/mol. The van der Waals surface area contributed by atoms with Gasteiger partial charge in [-0.15, -0.1) is 0 Å². The molecule has 0 aromatic rings. The minimum absolute atomic E-state index is 0. The Kier molecular flexibility index (Phi) is 36.4. The van der Waals surface area contributed by atoms with E-state index in [1.807, 2.05) is 0 Å². The molecule has 0 heterocycles. The van der Waals surface area contributed by atoms with Crippen LogP contribution in [0.15, 0.2) is 0 Å². The zero-order valence-electron chi connectivity index (χ0n) is 16.7. The molecule has 0 unspecified atom stereocenters. The Labute approximate surface area is 186 Å². The molecule has 0 aliphatic heterocycles. The van der Waals surface area contributed by atoms with Crippen LogP contribution in [0.5, 0.6) is 0 Å². The first kappa shape index (κ1) is 28.8. The quantitative estimate of drug-likeness (QED) is 0.194. The first-order chi connectivity index (χ1) is 9.91. The van der Waals surface area contributed by atoms with E-state index in [-0.39, 0.29) is 59.1 Å². The van der Waals surface area contributed by atoms with Gasteiger partial charge in [0.25, 0.3) is 0 Å². The van der Waals surface area contributed by atoms with Crippen molar-refractivity contribution in [2.24, 2.45) is 0 Å². The third-order valence-electron chi connectivity index (χ3n) is 4.46. The Morgan fingerprint density at radius 1 is 0.273 bits per heavy atom. The maximum absolute atomic E-state index is 2.30. The molecule has 0 atom stereocenters. The van der Waals surface area contributed by atoms with Crippen LogP contribution in [0.25, 0.3) is 0 Å². The molecule has 0 aliphatic rings. The second-order valence-electron chi connectivity index (χ2n) is 6.66. The molecule has 2 heteroatoms. The molecule has 0 aromatic heterocycles. The maximum atomic E-state index is 2.30. The van der Waals surface area contributed by atoms with Crippen molar-refractivity contribution in [3.05, 3.63) is 0 Å². The summed E-state index contributed by atoms with van der Waals surface area (Å²) >= 11 is 0. The van der Waals surface area contributed by atoms with Gasteiger partial charge < -0.3 is 0 Å². The van der Waals surface area contributed by atoms with Crippen LogP contribution < -0.4 is 0 Å². The van der Waals surface area contributed by atoms with Gasteiger partial charge in [-0.2, -0.15) is 0 Å². The summed E-state index contributed by atoms with van der Waals surface area (Å²) in [7, 11) is 0. The van der Waals surface area contributed by atoms with Crippen LogP contribution in [0.3, 0.4) is 0 Å². The summed E-state index contributed by atoms with van der Waals surface area (Å²) in [6.45, 7) is 4.59. The van der Waals surface area contributed by atoms with Crippen LogP contribution in [-0.2, 0) is 0 Å². The average molecular weight is 329 g/mol. The zero-order chi connectivity index (χ0) is 14.7. The molecule has 0 nitrogen and oxygen atoms in total. The summed E-state index contributed by atoms with van der Waals surface area (Å²) in [5.41, 5.74) is 0. The van der Waals surface area contributed by atoms with Gasteiger partial charge in [0, 0.05) is 59.1 Å². The standard InChI is InChI=1S/C20H42.2Na/c1-3-5-7-9-11-13-15-17-19-20-18-16-14-12-10-8-6-4-2;;/h3-20H2,1-2H3;;. The normalized spacial score (nSPS) is 10.1. The van der Waals surface area contributed by atoms with Crippen molar-refractivity contribution >= 4 is 59.1 Å². The second kappa shape index (κ2) is 27.8. The summed E-state index contributed by atoms with van der Waals surface area (Å²) in [6.07, 6.45) is 26.4. The van der Waals surface area contributed by atoms with E-state index in [1.54, 1.807) is 0 Å². The van der Waals surface area contributed by atoms with Gasteiger partial charge in [-0.05, 0) is 0 Å². The molecule has 0 spiro atoms. The third-order valence-corrected chi connectivity index (χ3v) is 4.46. The van der Waals surface area contributed by atoms with E-state index in [2.05, 4.69) is 13.8 Å². The number of rotatable bonds is 17.